The molecule has 0 fully saturated rings. The second kappa shape index (κ2) is 6.53. The Morgan fingerprint density at radius 2 is 2.10 bits per heavy atom. The van der Waals surface area contributed by atoms with E-state index >= 15 is 0 Å². The van der Waals surface area contributed by atoms with Crippen LogP contribution < -0.4 is 10.1 Å². The van der Waals surface area contributed by atoms with Crippen LogP contribution in [0.2, 0.25) is 0 Å². The molecule has 0 radical (unpaired) electrons. The van der Waals surface area contributed by atoms with Gasteiger partial charge in [0.05, 0.1) is 5.56 Å². The smallest absolute Gasteiger partial charge is 0.168 e. The molecular formula is C15H16N4O. The summed E-state index contributed by atoms with van der Waals surface area (Å²) < 4.78 is 5.63. The van der Waals surface area contributed by atoms with Crippen molar-refractivity contribution in [3.8, 4) is 11.8 Å². The Balaban J connectivity index is 2.13. The van der Waals surface area contributed by atoms with E-state index in [4.69, 9.17) is 10.00 Å². The number of benzene rings is 1. The van der Waals surface area contributed by atoms with Gasteiger partial charge in [0, 0.05) is 18.3 Å². The van der Waals surface area contributed by atoms with Gasteiger partial charge >= 0.3 is 0 Å². The van der Waals surface area contributed by atoms with Crippen molar-refractivity contribution in [1.29, 1.82) is 5.26 Å². The molecule has 0 unspecified atom stereocenters. The van der Waals surface area contributed by atoms with Crippen molar-refractivity contribution >= 4 is 5.82 Å². The third kappa shape index (κ3) is 3.45. The Bertz CT molecular complexity index is 634. The van der Waals surface area contributed by atoms with Gasteiger partial charge in [0.2, 0.25) is 0 Å². The number of hydrogen-bond acceptors (Lipinski definition) is 5. The Kier molecular flexibility index (Phi) is 4.51. The summed E-state index contributed by atoms with van der Waals surface area (Å²) in [5.41, 5.74) is 1.38. The third-order valence-corrected chi connectivity index (χ3v) is 2.62. The number of ether oxygens (including phenoxy) is 1. The number of hydrogen-bond donors (Lipinski definition) is 1. The molecule has 0 bridgehead atoms. The van der Waals surface area contributed by atoms with E-state index in [0.29, 0.717) is 17.1 Å². The summed E-state index contributed by atoms with van der Waals surface area (Å²) in [6.07, 6.45) is 0. The fraction of sp³-hybridized carbons (Fsp3) is 0.267. The second-order valence-electron chi connectivity index (χ2n) is 4.24. The van der Waals surface area contributed by atoms with Gasteiger partial charge in [-0.05, 0) is 26.0 Å². The highest BCUT2D eigenvalue weighted by molar-refractivity contribution is 5.42. The highest BCUT2D eigenvalue weighted by Crippen LogP contribution is 2.18. The predicted octanol–water partition coefficient (Wildman–Crippen LogP) is 2.67. The standard InChI is InChI=1S/C15H16N4O/c1-3-17-14-8-11(2)18-15(19-14)10-20-13-7-5-4-6-12(13)9-16/h4-8H,3,10H2,1-2H3,(H,17,18,19). The molecule has 1 heterocycles. The van der Waals surface area contributed by atoms with E-state index in [1.807, 2.05) is 26.0 Å². The molecule has 0 saturated heterocycles. The van der Waals surface area contributed by atoms with E-state index in [2.05, 4.69) is 21.4 Å². The number of nitrogens with one attached hydrogen (secondary N) is 1. The first-order valence-electron chi connectivity index (χ1n) is 6.43. The maximum absolute atomic E-state index is 9.00. The Labute approximate surface area is 118 Å². The average molecular weight is 268 g/mol. The van der Waals surface area contributed by atoms with Crippen LogP contribution in [-0.4, -0.2) is 16.5 Å². The zero-order valence-corrected chi connectivity index (χ0v) is 11.6. The van der Waals surface area contributed by atoms with E-state index in [0.717, 1.165) is 18.1 Å². The van der Waals surface area contributed by atoms with Crippen LogP contribution in [0, 0.1) is 18.3 Å². The lowest BCUT2D eigenvalue weighted by Crippen LogP contribution is -2.07. The molecule has 0 saturated carbocycles. The molecule has 102 valence electrons. The first-order valence-corrected chi connectivity index (χ1v) is 6.43. The van der Waals surface area contributed by atoms with Crippen molar-refractivity contribution in [3.05, 3.63) is 47.4 Å². The van der Waals surface area contributed by atoms with E-state index in [9.17, 15) is 0 Å². The molecule has 5 nitrogen and oxygen atoms in total. The number of nitriles is 1. The van der Waals surface area contributed by atoms with Gasteiger partial charge in [0.1, 0.15) is 24.2 Å². The fourth-order valence-corrected chi connectivity index (χ4v) is 1.79. The molecule has 0 spiro atoms. The number of rotatable bonds is 5. The lowest BCUT2D eigenvalue weighted by atomic mass is 10.2. The average Bonchev–Trinajstić information content (AvgIpc) is 2.45. The zero-order chi connectivity index (χ0) is 14.4. The molecule has 2 rings (SSSR count). The lowest BCUT2D eigenvalue weighted by molar-refractivity contribution is 0.295. The summed E-state index contributed by atoms with van der Waals surface area (Å²) in [5, 5.41) is 12.2. The molecule has 0 aliphatic heterocycles. The number of para-hydroxylation sites is 1. The van der Waals surface area contributed by atoms with Crippen LogP contribution >= 0.6 is 0 Å². The van der Waals surface area contributed by atoms with Crippen LogP contribution in [0.15, 0.2) is 30.3 Å². The summed E-state index contributed by atoms with van der Waals surface area (Å²) in [6.45, 7) is 4.96. The van der Waals surface area contributed by atoms with Crippen molar-refractivity contribution in [1.82, 2.24) is 9.97 Å². The van der Waals surface area contributed by atoms with Crippen LogP contribution in [-0.2, 0) is 6.61 Å². The van der Waals surface area contributed by atoms with Gasteiger partial charge in [0.25, 0.3) is 0 Å². The number of aromatic nitrogens is 2. The van der Waals surface area contributed by atoms with Gasteiger partial charge in [-0.15, -0.1) is 0 Å². The summed E-state index contributed by atoms with van der Waals surface area (Å²) >= 11 is 0. The molecule has 0 aliphatic rings. The SMILES string of the molecule is CCNc1cc(C)nc(COc2ccccc2C#N)n1. The molecule has 0 amide bonds. The van der Waals surface area contributed by atoms with E-state index in [1.165, 1.54) is 0 Å². The third-order valence-electron chi connectivity index (χ3n) is 2.62. The van der Waals surface area contributed by atoms with Crippen LogP contribution in [0.4, 0.5) is 5.82 Å². The van der Waals surface area contributed by atoms with Crippen LogP contribution in [0.1, 0.15) is 24.0 Å². The van der Waals surface area contributed by atoms with Crippen molar-refractivity contribution in [2.45, 2.75) is 20.5 Å². The maximum Gasteiger partial charge on any atom is 0.168 e. The zero-order valence-electron chi connectivity index (χ0n) is 11.6. The number of aryl methyl sites for hydroxylation is 1. The quantitative estimate of drug-likeness (QED) is 0.902. The Hall–Kier alpha value is -2.61. The highest BCUT2D eigenvalue weighted by Gasteiger charge is 2.05. The van der Waals surface area contributed by atoms with Gasteiger partial charge in [-0.25, -0.2) is 9.97 Å². The molecule has 1 aromatic heterocycles. The van der Waals surface area contributed by atoms with Crippen molar-refractivity contribution in [2.75, 3.05) is 11.9 Å². The minimum absolute atomic E-state index is 0.235. The van der Waals surface area contributed by atoms with Gasteiger partial charge in [-0.2, -0.15) is 5.26 Å². The normalized spacial score (nSPS) is 9.85. The van der Waals surface area contributed by atoms with Gasteiger partial charge in [0.15, 0.2) is 5.82 Å². The van der Waals surface area contributed by atoms with Crippen LogP contribution in [0.5, 0.6) is 5.75 Å². The minimum atomic E-state index is 0.235. The number of anilines is 1. The second-order valence-corrected chi connectivity index (χ2v) is 4.24. The Morgan fingerprint density at radius 1 is 1.30 bits per heavy atom. The highest BCUT2D eigenvalue weighted by atomic mass is 16.5. The van der Waals surface area contributed by atoms with E-state index in [1.54, 1.807) is 18.2 Å². The van der Waals surface area contributed by atoms with Crippen molar-refractivity contribution < 1.29 is 4.74 Å². The summed E-state index contributed by atoms with van der Waals surface area (Å²) in [7, 11) is 0. The predicted molar refractivity (Wildman–Crippen MR) is 76.4 cm³/mol. The van der Waals surface area contributed by atoms with Gasteiger partial charge in [-0.3, -0.25) is 0 Å². The molecule has 2 aromatic rings. The summed E-state index contributed by atoms with van der Waals surface area (Å²) in [4.78, 5) is 8.69. The van der Waals surface area contributed by atoms with Crippen LogP contribution in [0.25, 0.3) is 0 Å². The van der Waals surface area contributed by atoms with Crippen molar-refractivity contribution in [3.63, 3.8) is 0 Å². The first-order chi connectivity index (χ1) is 9.72. The first kappa shape index (κ1) is 13.8. The molecule has 1 aromatic carbocycles. The van der Waals surface area contributed by atoms with Gasteiger partial charge in [-0.1, -0.05) is 12.1 Å². The van der Waals surface area contributed by atoms with E-state index < -0.39 is 0 Å². The molecule has 0 atom stereocenters. The number of nitrogens with zero attached hydrogens (tertiary/aromatic N) is 3. The molecule has 0 aliphatic carbocycles. The molecular weight excluding hydrogens is 252 g/mol. The van der Waals surface area contributed by atoms with E-state index in [-0.39, 0.29) is 6.61 Å². The topological polar surface area (TPSA) is 70.8 Å². The van der Waals surface area contributed by atoms with Crippen molar-refractivity contribution in [2.24, 2.45) is 0 Å². The molecule has 1 N–H and O–H groups in total. The molecule has 20 heavy (non-hydrogen) atoms. The molecule has 5 heteroatoms. The fourth-order valence-electron chi connectivity index (χ4n) is 1.79. The summed E-state index contributed by atoms with van der Waals surface area (Å²) in [6, 6.07) is 11.1. The Morgan fingerprint density at radius 3 is 2.85 bits per heavy atom. The summed E-state index contributed by atoms with van der Waals surface area (Å²) in [5.74, 6) is 1.92. The van der Waals surface area contributed by atoms with Crippen LogP contribution in [0.3, 0.4) is 0 Å². The maximum atomic E-state index is 9.00. The lowest BCUT2D eigenvalue weighted by Gasteiger charge is -2.09. The van der Waals surface area contributed by atoms with Gasteiger partial charge < -0.3 is 10.1 Å². The monoisotopic (exact) mass is 268 g/mol. The minimum Gasteiger partial charge on any atom is -0.484 e. The largest absolute Gasteiger partial charge is 0.484 e.